The molecule has 0 saturated carbocycles. The van der Waals surface area contributed by atoms with Crippen molar-refractivity contribution in [2.45, 2.75) is 31.7 Å². The van der Waals surface area contributed by atoms with Crippen molar-refractivity contribution in [2.75, 3.05) is 18.5 Å². The predicted molar refractivity (Wildman–Crippen MR) is 107 cm³/mol. The summed E-state index contributed by atoms with van der Waals surface area (Å²) in [6, 6.07) is 12.7. The van der Waals surface area contributed by atoms with Gasteiger partial charge >= 0.3 is 0 Å². The fourth-order valence-electron chi connectivity index (χ4n) is 3.73. The number of piperidine rings is 1. The lowest BCUT2D eigenvalue weighted by Crippen LogP contribution is -2.45. The zero-order chi connectivity index (χ0) is 18.8. The molecule has 0 aliphatic carbocycles. The van der Waals surface area contributed by atoms with Crippen molar-refractivity contribution < 1.29 is 14.3 Å². The van der Waals surface area contributed by atoms with Crippen LogP contribution in [0.4, 0.5) is 5.69 Å². The number of nitrogens with zero attached hydrogens (tertiary/aromatic N) is 1. The van der Waals surface area contributed by atoms with Crippen molar-refractivity contribution in [2.24, 2.45) is 0 Å². The van der Waals surface area contributed by atoms with E-state index in [0.29, 0.717) is 29.2 Å². The summed E-state index contributed by atoms with van der Waals surface area (Å²) in [5, 5.41) is 2.88. The normalized spacial score (nSPS) is 19.2. The van der Waals surface area contributed by atoms with Gasteiger partial charge in [0.05, 0.1) is 12.2 Å². The fourth-order valence-corrected chi connectivity index (χ4v) is 4.00. The van der Waals surface area contributed by atoms with Gasteiger partial charge in [0, 0.05) is 34.7 Å². The van der Waals surface area contributed by atoms with Crippen molar-refractivity contribution in [3.63, 3.8) is 0 Å². The van der Waals surface area contributed by atoms with E-state index in [-0.39, 0.29) is 17.9 Å². The number of halogens is 1. The maximum atomic E-state index is 13.1. The second-order valence-corrected chi connectivity index (χ2v) is 7.87. The van der Waals surface area contributed by atoms with E-state index >= 15 is 0 Å². The van der Waals surface area contributed by atoms with Gasteiger partial charge < -0.3 is 15.0 Å². The molecule has 27 heavy (non-hydrogen) atoms. The standard InChI is InChI=1S/C21H21BrN2O3/c22-15-6-4-14(5-7-15)20(25)23-16-8-9-19-18(13-16)21(26)24-11-2-1-3-17(24)10-12-27-19/h4-9,13,17H,1-3,10-12H2,(H,23,25). The number of benzene rings is 2. The Kier molecular flexibility index (Phi) is 5.16. The van der Waals surface area contributed by atoms with E-state index in [9.17, 15) is 9.59 Å². The molecule has 4 rings (SSSR count). The van der Waals surface area contributed by atoms with Gasteiger partial charge in [-0.3, -0.25) is 9.59 Å². The Balaban J connectivity index is 1.59. The number of anilines is 1. The van der Waals surface area contributed by atoms with Crippen LogP contribution in [-0.4, -0.2) is 35.9 Å². The van der Waals surface area contributed by atoms with Crippen LogP contribution in [0.5, 0.6) is 5.75 Å². The minimum absolute atomic E-state index is 0.00543. The van der Waals surface area contributed by atoms with Crippen LogP contribution in [0.1, 0.15) is 46.4 Å². The van der Waals surface area contributed by atoms with Crippen LogP contribution in [0.3, 0.4) is 0 Å². The molecule has 0 spiro atoms. The summed E-state index contributed by atoms with van der Waals surface area (Å²) in [4.78, 5) is 27.5. The molecule has 2 amide bonds. The minimum atomic E-state index is -0.211. The van der Waals surface area contributed by atoms with E-state index < -0.39 is 0 Å². The third-order valence-corrected chi connectivity index (χ3v) is 5.70. The highest BCUT2D eigenvalue weighted by molar-refractivity contribution is 9.10. The van der Waals surface area contributed by atoms with E-state index in [1.165, 1.54) is 0 Å². The van der Waals surface area contributed by atoms with E-state index in [0.717, 1.165) is 36.7 Å². The lowest BCUT2D eigenvalue weighted by molar-refractivity contribution is 0.0548. The highest BCUT2D eigenvalue weighted by Gasteiger charge is 2.31. The third kappa shape index (κ3) is 3.86. The Hall–Kier alpha value is -2.34. The van der Waals surface area contributed by atoms with Crippen molar-refractivity contribution in [3.05, 3.63) is 58.1 Å². The van der Waals surface area contributed by atoms with Crippen LogP contribution in [-0.2, 0) is 0 Å². The van der Waals surface area contributed by atoms with Gasteiger partial charge in [-0.25, -0.2) is 0 Å². The molecule has 6 heteroatoms. The second kappa shape index (κ2) is 7.72. The molecule has 2 aliphatic heterocycles. The number of nitrogens with one attached hydrogen (secondary N) is 1. The molecule has 0 aromatic heterocycles. The molecule has 2 aromatic rings. The molecular weight excluding hydrogens is 408 g/mol. The van der Waals surface area contributed by atoms with Crippen LogP contribution < -0.4 is 10.1 Å². The maximum Gasteiger partial charge on any atom is 0.257 e. The zero-order valence-corrected chi connectivity index (χ0v) is 16.5. The number of carbonyl (C=O) groups is 2. The largest absolute Gasteiger partial charge is 0.493 e. The summed E-state index contributed by atoms with van der Waals surface area (Å²) in [6.07, 6.45) is 4.10. The average Bonchev–Trinajstić information content (AvgIpc) is 2.68. The summed E-state index contributed by atoms with van der Waals surface area (Å²) in [5.74, 6) is 0.373. The van der Waals surface area contributed by atoms with Crippen LogP contribution in [0.25, 0.3) is 0 Å². The molecule has 1 N–H and O–H groups in total. The summed E-state index contributed by atoms with van der Waals surface area (Å²) >= 11 is 3.36. The minimum Gasteiger partial charge on any atom is -0.493 e. The predicted octanol–water partition coefficient (Wildman–Crippen LogP) is 4.48. The number of hydrogen-bond donors (Lipinski definition) is 1. The Bertz CT molecular complexity index is 866. The van der Waals surface area contributed by atoms with Gasteiger partial charge in [-0.1, -0.05) is 15.9 Å². The molecule has 5 nitrogen and oxygen atoms in total. The number of amides is 2. The molecule has 2 aromatic carbocycles. The van der Waals surface area contributed by atoms with Gasteiger partial charge in [-0.15, -0.1) is 0 Å². The van der Waals surface area contributed by atoms with E-state index in [4.69, 9.17) is 4.74 Å². The summed E-state index contributed by atoms with van der Waals surface area (Å²) in [5.41, 5.74) is 1.67. The summed E-state index contributed by atoms with van der Waals surface area (Å²) < 4.78 is 6.76. The topological polar surface area (TPSA) is 58.6 Å². The zero-order valence-electron chi connectivity index (χ0n) is 14.9. The summed E-state index contributed by atoms with van der Waals surface area (Å²) in [6.45, 7) is 1.39. The first-order chi connectivity index (χ1) is 13.1. The molecule has 1 atom stereocenters. The molecular formula is C21H21BrN2O3. The van der Waals surface area contributed by atoms with Gasteiger partial charge in [-0.2, -0.15) is 0 Å². The lowest BCUT2D eigenvalue weighted by Gasteiger charge is -2.37. The average molecular weight is 429 g/mol. The number of fused-ring (bicyclic) bond motifs is 2. The van der Waals surface area contributed by atoms with E-state index in [1.807, 2.05) is 17.0 Å². The molecule has 1 unspecified atom stereocenters. The van der Waals surface area contributed by atoms with Crippen LogP contribution in [0.15, 0.2) is 46.9 Å². The van der Waals surface area contributed by atoms with Crippen molar-refractivity contribution >= 4 is 33.4 Å². The highest BCUT2D eigenvalue weighted by Crippen LogP contribution is 2.31. The number of rotatable bonds is 2. The van der Waals surface area contributed by atoms with Gasteiger partial charge in [0.15, 0.2) is 0 Å². The number of carbonyl (C=O) groups excluding carboxylic acids is 2. The molecule has 0 radical (unpaired) electrons. The first kappa shape index (κ1) is 18.0. The molecule has 2 heterocycles. The maximum absolute atomic E-state index is 13.1. The molecule has 0 bridgehead atoms. The van der Waals surface area contributed by atoms with Gasteiger partial charge in [0.25, 0.3) is 11.8 Å². The Morgan fingerprint density at radius 3 is 2.74 bits per heavy atom. The SMILES string of the molecule is O=C(Nc1ccc2c(c1)C(=O)N1CCCCC1CCO2)c1ccc(Br)cc1. The first-order valence-corrected chi connectivity index (χ1v) is 10.1. The molecule has 2 aliphatic rings. The quantitative estimate of drug-likeness (QED) is 0.766. The Morgan fingerprint density at radius 1 is 1.11 bits per heavy atom. The third-order valence-electron chi connectivity index (χ3n) is 5.17. The smallest absolute Gasteiger partial charge is 0.257 e. The van der Waals surface area contributed by atoms with E-state index in [2.05, 4.69) is 21.2 Å². The fraction of sp³-hybridized carbons (Fsp3) is 0.333. The van der Waals surface area contributed by atoms with Gasteiger partial charge in [0.1, 0.15) is 5.75 Å². The molecule has 1 saturated heterocycles. The van der Waals surface area contributed by atoms with Crippen LogP contribution >= 0.6 is 15.9 Å². The lowest BCUT2D eigenvalue weighted by atomic mass is 9.97. The number of ether oxygens (including phenoxy) is 1. The van der Waals surface area contributed by atoms with Crippen molar-refractivity contribution in [1.82, 2.24) is 4.90 Å². The summed E-state index contributed by atoms with van der Waals surface area (Å²) in [7, 11) is 0. The monoisotopic (exact) mass is 428 g/mol. The molecule has 1 fully saturated rings. The molecule has 140 valence electrons. The van der Waals surface area contributed by atoms with Crippen LogP contribution in [0.2, 0.25) is 0 Å². The van der Waals surface area contributed by atoms with Crippen molar-refractivity contribution in [1.29, 1.82) is 0 Å². The number of hydrogen-bond acceptors (Lipinski definition) is 3. The van der Waals surface area contributed by atoms with Crippen LogP contribution in [0, 0.1) is 0 Å². The highest BCUT2D eigenvalue weighted by atomic mass is 79.9. The Labute approximate surface area is 166 Å². The second-order valence-electron chi connectivity index (χ2n) is 6.96. The van der Waals surface area contributed by atoms with Crippen molar-refractivity contribution in [3.8, 4) is 5.75 Å². The van der Waals surface area contributed by atoms with E-state index in [1.54, 1.807) is 30.3 Å². The Morgan fingerprint density at radius 2 is 1.93 bits per heavy atom. The van der Waals surface area contributed by atoms with Gasteiger partial charge in [0.2, 0.25) is 0 Å². The van der Waals surface area contributed by atoms with Gasteiger partial charge in [-0.05, 0) is 61.7 Å². The first-order valence-electron chi connectivity index (χ1n) is 9.26.